The number of anilines is 5. The van der Waals surface area contributed by atoms with Gasteiger partial charge in [-0.2, -0.15) is 0 Å². The molecule has 2 aromatic heterocycles. The minimum absolute atomic E-state index is 0.0159. The lowest BCUT2D eigenvalue weighted by molar-refractivity contribution is -0.333. The van der Waals surface area contributed by atoms with Crippen molar-refractivity contribution in [1.29, 1.82) is 0 Å². The quantitative estimate of drug-likeness (QED) is 0.226. The average molecular weight is 576 g/mol. The average Bonchev–Trinajstić information content (AvgIpc) is 3.58. The van der Waals surface area contributed by atoms with Gasteiger partial charge < -0.3 is 25.2 Å². The Morgan fingerprint density at radius 3 is 2.74 bits per heavy atom. The molecule has 1 aliphatic heterocycles. The summed E-state index contributed by atoms with van der Waals surface area (Å²) in [7, 11) is 5.32. The number of nitrogens with one attached hydrogen (secondary N) is 5. The zero-order valence-electron chi connectivity index (χ0n) is 24.4. The van der Waals surface area contributed by atoms with E-state index in [1.807, 2.05) is 51.0 Å². The van der Waals surface area contributed by atoms with E-state index in [1.54, 1.807) is 24.3 Å². The minimum atomic E-state index is -0.636. The Hall–Kier alpha value is -4.71. The number of hydrogen-bond donors (Lipinski definition) is 4. The number of carbonyl (C=O) groups is 2. The van der Waals surface area contributed by atoms with Gasteiger partial charge in [0.05, 0.1) is 36.0 Å². The van der Waals surface area contributed by atoms with Gasteiger partial charge in [0.15, 0.2) is 5.75 Å². The first-order chi connectivity index (χ1) is 20.1. The van der Waals surface area contributed by atoms with Crippen LogP contribution in [-0.4, -0.2) is 67.5 Å². The fourth-order valence-electron chi connectivity index (χ4n) is 4.94. The predicted molar refractivity (Wildman–Crippen MR) is 160 cm³/mol. The summed E-state index contributed by atoms with van der Waals surface area (Å²) in [5.41, 5.74) is 3.31. The summed E-state index contributed by atoms with van der Waals surface area (Å²) >= 11 is 0. The molecule has 5 N–H and O–H groups in total. The van der Waals surface area contributed by atoms with Crippen LogP contribution in [0.5, 0.6) is 5.75 Å². The molecule has 0 bridgehead atoms. The van der Waals surface area contributed by atoms with E-state index in [0.29, 0.717) is 53.9 Å². The summed E-state index contributed by atoms with van der Waals surface area (Å²) in [6, 6.07) is 10.1. The maximum absolute atomic E-state index is 14.9. The van der Waals surface area contributed by atoms with Crippen LogP contribution in [0.3, 0.4) is 0 Å². The van der Waals surface area contributed by atoms with E-state index in [9.17, 15) is 14.0 Å². The minimum Gasteiger partial charge on any atom is -0.493 e. The van der Waals surface area contributed by atoms with Gasteiger partial charge in [-0.3, -0.25) is 19.9 Å². The van der Waals surface area contributed by atoms with Crippen molar-refractivity contribution in [3.63, 3.8) is 0 Å². The second kappa shape index (κ2) is 12.0. The van der Waals surface area contributed by atoms with Crippen LogP contribution in [-0.2, 0) is 11.2 Å². The third kappa shape index (κ3) is 5.98. The van der Waals surface area contributed by atoms with Crippen LogP contribution >= 0.6 is 0 Å². The largest absolute Gasteiger partial charge is 0.493 e. The Morgan fingerprint density at radius 2 is 2.00 bits per heavy atom. The summed E-state index contributed by atoms with van der Waals surface area (Å²) in [6.45, 7) is 5.26. The predicted octanol–water partition coefficient (Wildman–Crippen LogP) is 3.85. The van der Waals surface area contributed by atoms with Gasteiger partial charge in [0.25, 0.3) is 5.91 Å². The zero-order chi connectivity index (χ0) is 30.0. The van der Waals surface area contributed by atoms with Gasteiger partial charge in [-0.25, -0.2) is 9.37 Å². The molecule has 220 valence electrons. The molecule has 11 nitrogen and oxygen atoms in total. The summed E-state index contributed by atoms with van der Waals surface area (Å²) in [6.07, 6.45) is 2.49. The van der Waals surface area contributed by atoms with E-state index < -0.39 is 11.7 Å². The maximum Gasteiger partial charge on any atom is 0.351 e. The molecular weight excluding hydrogens is 539 g/mol. The van der Waals surface area contributed by atoms with Crippen LogP contribution in [0.15, 0.2) is 42.6 Å². The number of nitrogens with zero attached hydrogens (tertiary/aromatic N) is 3. The SMILES string of the molecule is COc1cc2c(cc1Nc1nc(Nc3cccc(F)c3C(=O)NCC(C)C)c3cc[nH]c3[nH+]1)N(C(=O)CN(C)C)CC2. The second-order valence-electron chi connectivity index (χ2n) is 10.9. The highest BCUT2D eigenvalue weighted by Crippen LogP contribution is 2.38. The Kier molecular flexibility index (Phi) is 8.25. The fraction of sp³-hybridized carbons (Fsp3) is 0.333. The van der Waals surface area contributed by atoms with Gasteiger partial charge in [-0.15, -0.1) is 0 Å². The Balaban J connectivity index is 1.49. The molecule has 1 aliphatic rings. The highest BCUT2D eigenvalue weighted by Gasteiger charge is 2.28. The molecule has 42 heavy (non-hydrogen) atoms. The number of halogens is 1. The van der Waals surface area contributed by atoms with Crippen LogP contribution in [0.25, 0.3) is 11.0 Å². The number of methoxy groups -OCH3 is 1. The molecule has 0 saturated heterocycles. The molecule has 5 rings (SSSR count). The van der Waals surface area contributed by atoms with Crippen molar-refractivity contribution in [2.45, 2.75) is 20.3 Å². The van der Waals surface area contributed by atoms with Crippen LogP contribution in [0.4, 0.5) is 33.2 Å². The van der Waals surface area contributed by atoms with Gasteiger partial charge in [-0.05, 0) is 56.3 Å². The second-order valence-corrected chi connectivity index (χ2v) is 10.9. The van der Waals surface area contributed by atoms with E-state index in [1.165, 1.54) is 12.1 Å². The molecule has 0 atom stereocenters. The van der Waals surface area contributed by atoms with E-state index in [4.69, 9.17) is 9.72 Å². The van der Waals surface area contributed by atoms with E-state index in [0.717, 1.165) is 17.7 Å². The fourth-order valence-corrected chi connectivity index (χ4v) is 4.94. The zero-order valence-corrected chi connectivity index (χ0v) is 24.4. The monoisotopic (exact) mass is 575 g/mol. The molecule has 12 heteroatoms. The number of benzene rings is 2. The standard InChI is InChI=1S/C30H35FN8O3/c1-17(2)15-33-29(41)26-20(31)7-6-8-21(26)34-28-19-9-11-32-27(19)36-30(37-28)35-22-14-23-18(13-24(22)42-5)10-12-39(23)25(40)16-38(3)4/h6-9,11,13-14,17H,10,12,15-16H2,1-5H3,(H,33,41)(H3,32,34,35,36,37)/p+1. The van der Waals surface area contributed by atoms with Gasteiger partial charge in [0.1, 0.15) is 11.5 Å². The molecule has 2 amide bonds. The number of aromatic nitrogens is 3. The third-order valence-corrected chi connectivity index (χ3v) is 6.94. The molecular formula is C30H36FN8O3+. The van der Waals surface area contributed by atoms with Gasteiger partial charge in [0.2, 0.25) is 17.4 Å². The first-order valence-electron chi connectivity index (χ1n) is 13.8. The Morgan fingerprint density at radius 1 is 1.19 bits per heavy atom. The maximum atomic E-state index is 14.9. The van der Waals surface area contributed by atoms with Crippen molar-refractivity contribution in [2.75, 3.05) is 56.4 Å². The number of aromatic amines is 2. The number of likely N-dealkylation sites (N-methyl/N-ethyl adjacent to an activating group) is 1. The lowest BCUT2D eigenvalue weighted by Crippen LogP contribution is -2.36. The van der Waals surface area contributed by atoms with Gasteiger partial charge >= 0.3 is 5.95 Å². The number of carbonyl (C=O) groups excluding carboxylic acids is 2. The summed E-state index contributed by atoms with van der Waals surface area (Å²) in [5, 5.41) is 9.95. The summed E-state index contributed by atoms with van der Waals surface area (Å²) in [5.74, 6) is 0.445. The third-order valence-electron chi connectivity index (χ3n) is 6.94. The van der Waals surface area contributed by atoms with E-state index in [-0.39, 0.29) is 23.1 Å². The molecule has 0 radical (unpaired) electrons. The van der Waals surface area contributed by atoms with E-state index in [2.05, 4.69) is 25.9 Å². The van der Waals surface area contributed by atoms with Crippen LogP contribution in [0.2, 0.25) is 0 Å². The Labute approximate surface area is 243 Å². The molecule has 0 saturated carbocycles. The van der Waals surface area contributed by atoms with Crippen molar-refractivity contribution < 1.29 is 23.7 Å². The molecule has 2 aromatic carbocycles. The molecule has 0 aliphatic carbocycles. The van der Waals surface area contributed by atoms with E-state index >= 15 is 0 Å². The smallest absolute Gasteiger partial charge is 0.351 e. The lowest BCUT2D eigenvalue weighted by atomic mass is 10.1. The Bertz CT molecular complexity index is 1630. The lowest BCUT2D eigenvalue weighted by Gasteiger charge is -2.20. The number of fused-ring (bicyclic) bond motifs is 2. The molecule has 0 spiro atoms. The first-order valence-corrected chi connectivity index (χ1v) is 13.8. The number of rotatable bonds is 10. The molecule has 0 fully saturated rings. The number of ether oxygens (including phenoxy) is 1. The van der Waals surface area contributed by atoms with Crippen molar-refractivity contribution in [3.8, 4) is 5.75 Å². The van der Waals surface area contributed by atoms with Crippen molar-refractivity contribution >= 4 is 51.7 Å². The van der Waals surface area contributed by atoms with Crippen molar-refractivity contribution in [1.82, 2.24) is 20.2 Å². The molecule has 0 unspecified atom stereocenters. The summed E-state index contributed by atoms with van der Waals surface area (Å²) in [4.78, 5) is 40.6. The molecule has 3 heterocycles. The highest BCUT2D eigenvalue weighted by atomic mass is 19.1. The highest BCUT2D eigenvalue weighted by molar-refractivity contribution is 6.01. The summed E-state index contributed by atoms with van der Waals surface area (Å²) < 4.78 is 20.6. The molecule has 4 aromatic rings. The topological polar surface area (TPSA) is 129 Å². The number of H-pyrrole nitrogens is 2. The normalized spacial score (nSPS) is 12.6. The van der Waals surface area contributed by atoms with Crippen LogP contribution < -0.4 is 30.6 Å². The number of amides is 2. The van der Waals surface area contributed by atoms with Gasteiger partial charge in [-0.1, -0.05) is 24.9 Å². The van der Waals surface area contributed by atoms with Gasteiger partial charge in [0, 0.05) is 25.4 Å². The van der Waals surface area contributed by atoms with Crippen LogP contribution in [0.1, 0.15) is 29.8 Å². The van der Waals surface area contributed by atoms with Crippen molar-refractivity contribution in [2.24, 2.45) is 5.92 Å². The van der Waals surface area contributed by atoms with Crippen molar-refractivity contribution in [3.05, 3.63) is 59.5 Å². The van der Waals surface area contributed by atoms with Crippen LogP contribution in [0, 0.1) is 11.7 Å². The first kappa shape index (κ1) is 28.8. The number of hydrogen-bond acceptors (Lipinski definition) is 7.